The van der Waals surface area contributed by atoms with Gasteiger partial charge < -0.3 is 10.4 Å². The maximum atomic E-state index is 12.5. The van der Waals surface area contributed by atoms with Crippen LogP contribution in [-0.2, 0) is 11.2 Å². The van der Waals surface area contributed by atoms with Crippen LogP contribution in [0.4, 0.5) is 0 Å². The van der Waals surface area contributed by atoms with E-state index in [-0.39, 0.29) is 11.8 Å². The van der Waals surface area contributed by atoms with Gasteiger partial charge in [0.05, 0.1) is 18.2 Å². The number of pyridine rings is 1. The van der Waals surface area contributed by atoms with Crippen LogP contribution in [-0.4, -0.2) is 52.7 Å². The lowest BCUT2D eigenvalue weighted by molar-refractivity contribution is -0.122. The standard InChI is InChI=1S/C23H31N3O2/c27-22-15-26(16-23(28)25-19-7-3-1-2-4-8-19)14-18(22)13-17-11-12-24-21-10-6-5-9-20(17)21/h5-6,9-12,18-19,22,27H,1-4,7-8,13-16H2,(H,25,28)/t18-,22-/m1/s1. The number of carbonyl (C=O) groups is 1. The summed E-state index contributed by atoms with van der Waals surface area (Å²) < 4.78 is 0. The zero-order chi connectivity index (χ0) is 19.3. The molecule has 1 amide bonds. The number of hydrogen-bond donors (Lipinski definition) is 2. The van der Waals surface area contributed by atoms with Gasteiger partial charge in [0.1, 0.15) is 0 Å². The summed E-state index contributed by atoms with van der Waals surface area (Å²) in [7, 11) is 0. The van der Waals surface area contributed by atoms with Crippen LogP contribution in [0.1, 0.15) is 44.1 Å². The SMILES string of the molecule is O=C(CN1C[C@@H](Cc2ccnc3ccccc23)[C@H](O)C1)NC1CCCCCC1. The van der Waals surface area contributed by atoms with Gasteiger partial charge in [0.2, 0.25) is 5.91 Å². The number of rotatable bonds is 5. The van der Waals surface area contributed by atoms with E-state index in [2.05, 4.69) is 27.3 Å². The van der Waals surface area contributed by atoms with E-state index in [9.17, 15) is 9.90 Å². The zero-order valence-corrected chi connectivity index (χ0v) is 16.5. The summed E-state index contributed by atoms with van der Waals surface area (Å²) in [6.07, 6.45) is 9.48. The van der Waals surface area contributed by atoms with Crippen molar-refractivity contribution in [1.29, 1.82) is 0 Å². The van der Waals surface area contributed by atoms with Crippen LogP contribution in [0, 0.1) is 5.92 Å². The molecule has 2 aromatic rings. The zero-order valence-electron chi connectivity index (χ0n) is 16.5. The molecule has 1 aromatic carbocycles. The Balaban J connectivity index is 1.33. The highest BCUT2D eigenvalue weighted by molar-refractivity contribution is 5.81. The second-order valence-electron chi connectivity index (χ2n) is 8.47. The van der Waals surface area contributed by atoms with E-state index in [1.54, 1.807) is 0 Å². The average Bonchev–Trinajstić information content (AvgIpc) is 2.87. The Morgan fingerprint density at radius 3 is 2.71 bits per heavy atom. The molecule has 1 aliphatic heterocycles. The molecule has 0 bridgehead atoms. The van der Waals surface area contributed by atoms with Crippen LogP contribution in [0.15, 0.2) is 36.5 Å². The first-order chi connectivity index (χ1) is 13.7. The van der Waals surface area contributed by atoms with Gasteiger partial charge in [-0.1, -0.05) is 43.9 Å². The number of carbonyl (C=O) groups excluding carboxylic acids is 1. The maximum Gasteiger partial charge on any atom is 0.234 e. The quantitative estimate of drug-likeness (QED) is 0.782. The van der Waals surface area contributed by atoms with E-state index >= 15 is 0 Å². The van der Waals surface area contributed by atoms with Crippen LogP contribution in [0.5, 0.6) is 0 Å². The van der Waals surface area contributed by atoms with Gasteiger partial charge in [-0.15, -0.1) is 0 Å². The van der Waals surface area contributed by atoms with Gasteiger partial charge in [0.25, 0.3) is 0 Å². The summed E-state index contributed by atoms with van der Waals surface area (Å²) in [5, 5.41) is 14.9. The number of aliphatic hydroxyl groups excluding tert-OH is 1. The molecule has 1 aromatic heterocycles. The first-order valence-corrected chi connectivity index (χ1v) is 10.7. The minimum Gasteiger partial charge on any atom is -0.391 e. The highest BCUT2D eigenvalue weighted by atomic mass is 16.3. The van der Waals surface area contributed by atoms with Crippen LogP contribution < -0.4 is 5.32 Å². The molecule has 5 nitrogen and oxygen atoms in total. The molecule has 0 spiro atoms. The Hall–Kier alpha value is -1.98. The number of aromatic nitrogens is 1. The van der Waals surface area contributed by atoms with E-state index in [4.69, 9.17) is 0 Å². The fourth-order valence-corrected chi connectivity index (χ4v) is 4.79. The molecule has 4 rings (SSSR count). The molecule has 5 heteroatoms. The minimum absolute atomic E-state index is 0.106. The first kappa shape index (κ1) is 19.3. The predicted octanol–water partition coefficient (Wildman–Crippen LogP) is 2.91. The predicted molar refractivity (Wildman–Crippen MR) is 111 cm³/mol. The minimum atomic E-state index is -0.391. The summed E-state index contributed by atoms with van der Waals surface area (Å²) >= 11 is 0. The summed E-state index contributed by atoms with van der Waals surface area (Å²) in [6.45, 7) is 1.73. The van der Waals surface area contributed by atoms with Crippen molar-refractivity contribution in [1.82, 2.24) is 15.2 Å². The molecule has 2 aliphatic rings. The van der Waals surface area contributed by atoms with Crippen molar-refractivity contribution in [2.45, 2.75) is 57.1 Å². The summed E-state index contributed by atoms with van der Waals surface area (Å²) in [5.41, 5.74) is 2.21. The van der Waals surface area contributed by atoms with Crippen LogP contribution in [0.25, 0.3) is 10.9 Å². The molecule has 2 fully saturated rings. The number of likely N-dealkylation sites (tertiary alicyclic amines) is 1. The monoisotopic (exact) mass is 381 g/mol. The van der Waals surface area contributed by atoms with Crippen LogP contribution in [0.2, 0.25) is 0 Å². The summed E-state index contributed by atoms with van der Waals surface area (Å²) in [6, 6.07) is 10.5. The Kier molecular flexibility index (Phi) is 6.23. The molecule has 1 saturated heterocycles. The molecule has 2 N–H and O–H groups in total. The van der Waals surface area contributed by atoms with Gasteiger partial charge in [-0.2, -0.15) is 0 Å². The van der Waals surface area contributed by atoms with Crippen molar-refractivity contribution >= 4 is 16.8 Å². The Morgan fingerprint density at radius 2 is 1.89 bits per heavy atom. The molecule has 0 radical (unpaired) electrons. The fourth-order valence-electron chi connectivity index (χ4n) is 4.79. The number of nitrogens with zero attached hydrogens (tertiary/aromatic N) is 2. The van der Waals surface area contributed by atoms with Crippen LogP contribution in [0.3, 0.4) is 0 Å². The Labute approximate surface area is 167 Å². The smallest absolute Gasteiger partial charge is 0.234 e. The fraction of sp³-hybridized carbons (Fsp3) is 0.565. The third kappa shape index (κ3) is 4.70. The lowest BCUT2D eigenvalue weighted by Crippen LogP contribution is -2.41. The van der Waals surface area contributed by atoms with E-state index in [0.717, 1.165) is 36.7 Å². The van der Waals surface area contributed by atoms with Crippen molar-refractivity contribution in [2.24, 2.45) is 5.92 Å². The highest BCUT2D eigenvalue weighted by Gasteiger charge is 2.32. The van der Waals surface area contributed by atoms with Gasteiger partial charge in [0.15, 0.2) is 0 Å². The number of para-hydroxylation sites is 1. The third-order valence-electron chi connectivity index (χ3n) is 6.29. The number of fused-ring (bicyclic) bond motifs is 1. The number of amides is 1. The molecular weight excluding hydrogens is 350 g/mol. The van der Waals surface area contributed by atoms with Gasteiger partial charge in [-0.05, 0) is 37.0 Å². The van der Waals surface area contributed by atoms with Crippen molar-refractivity contribution < 1.29 is 9.90 Å². The average molecular weight is 382 g/mol. The van der Waals surface area contributed by atoms with Crippen molar-refractivity contribution in [3.63, 3.8) is 0 Å². The largest absolute Gasteiger partial charge is 0.391 e. The van der Waals surface area contributed by atoms with Gasteiger partial charge >= 0.3 is 0 Å². The molecule has 1 aliphatic carbocycles. The molecule has 1 saturated carbocycles. The molecular formula is C23H31N3O2. The molecule has 150 valence electrons. The topological polar surface area (TPSA) is 65.5 Å². The molecule has 2 heterocycles. The lowest BCUT2D eigenvalue weighted by atomic mass is 9.94. The second kappa shape index (κ2) is 9.01. The Bertz CT molecular complexity index is 796. The molecule has 28 heavy (non-hydrogen) atoms. The van der Waals surface area contributed by atoms with Crippen LogP contribution >= 0.6 is 0 Å². The van der Waals surface area contributed by atoms with E-state index < -0.39 is 6.10 Å². The lowest BCUT2D eigenvalue weighted by Gasteiger charge is -2.20. The third-order valence-corrected chi connectivity index (χ3v) is 6.29. The molecule has 2 atom stereocenters. The number of benzene rings is 1. The first-order valence-electron chi connectivity index (χ1n) is 10.7. The number of hydrogen-bond acceptors (Lipinski definition) is 4. The normalized spacial score (nSPS) is 24.3. The van der Waals surface area contributed by atoms with Crippen molar-refractivity contribution in [3.8, 4) is 0 Å². The van der Waals surface area contributed by atoms with E-state index in [0.29, 0.717) is 19.1 Å². The van der Waals surface area contributed by atoms with E-state index in [1.165, 1.54) is 31.2 Å². The number of nitrogens with one attached hydrogen (secondary N) is 1. The van der Waals surface area contributed by atoms with Crippen molar-refractivity contribution in [2.75, 3.05) is 19.6 Å². The molecule has 0 unspecified atom stereocenters. The maximum absolute atomic E-state index is 12.5. The van der Waals surface area contributed by atoms with Gasteiger partial charge in [0, 0.05) is 36.6 Å². The second-order valence-corrected chi connectivity index (χ2v) is 8.47. The van der Waals surface area contributed by atoms with Gasteiger partial charge in [-0.25, -0.2) is 0 Å². The van der Waals surface area contributed by atoms with Crippen molar-refractivity contribution in [3.05, 3.63) is 42.1 Å². The summed E-state index contributed by atoms with van der Waals surface area (Å²) in [5.74, 6) is 0.255. The highest BCUT2D eigenvalue weighted by Crippen LogP contribution is 2.25. The number of aliphatic hydroxyl groups is 1. The van der Waals surface area contributed by atoms with E-state index in [1.807, 2.05) is 24.4 Å². The van der Waals surface area contributed by atoms with Gasteiger partial charge in [-0.3, -0.25) is 14.7 Å². The Morgan fingerprint density at radius 1 is 1.11 bits per heavy atom. The number of β-amino-alcohol motifs (C(OH)–C–C–N with tert-alkyl or cyclic N) is 1. The summed E-state index contributed by atoms with van der Waals surface area (Å²) in [4.78, 5) is 19.0.